The minimum atomic E-state index is -0.510. The van der Waals surface area contributed by atoms with Gasteiger partial charge in [-0.15, -0.1) is 0 Å². The van der Waals surface area contributed by atoms with Gasteiger partial charge in [0.2, 0.25) is 0 Å². The van der Waals surface area contributed by atoms with Crippen LogP contribution >= 0.6 is 0 Å². The summed E-state index contributed by atoms with van der Waals surface area (Å²) in [6.07, 6.45) is 0.472. The summed E-state index contributed by atoms with van der Waals surface area (Å²) >= 11 is 0. The summed E-state index contributed by atoms with van der Waals surface area (Å²) in [6, 6.07) is 5.52. The van der Waals surface area contributed by atoms with Crippen LogP contribution in [-0.2, 0) is 4.74 Å². The van der Waals surface area contributed by atoms with Gasteiger partial charge in [-0.05, 0) is 39.3 Å². The van der Waals surface area contributed by atoms with Crippen LogP contribution in [0.15, 0.2) is 18.2 Å². The maximum absolute atomic E-state index is 12.2. The fourth-order valence-corrected chi connectivity index (χ4v) is 1.55. The van der Waals surface area contributed by atoms with Crippen molar-refractivity contribution in [2.75, 3.05) is 23.8 Å². The second-order valence-electron chi connectivity index (χ2n) is 5.26. The summed E-state index contributed by atoms with van der Waals surface area (Å²) in [7, 11) is 1.80. The van der Waals surface area contributed by atoms with Gasteiger partial charge in [0, 0.05) is 13.6 Å². The normalized spacial score (nSPS) is 11.0. The third-order valence-electron chi connectivity index (χ3n) is 2.33. The van der Waals surface area contributed by atoms with Gasteiger partial charge in [0.25, 0.3) is 0 Å². The van der Waals surface area contributed by atoms with Gasteiger partial charge in [-0.1, -0.05) is 13.0 Å². The standard InChI is InChI=1S/C14H23N3O2/c1-6-10-17(13(18)19-14(2,3)4)12-9-7-8-11(15-5)16-12/h7-9H,6,10H2,1-5H3,(H,15,16). The predicted octanol–water partition coefficient (Wildman–Crippen LogP) is 3.27. The Morgan fingerprint density at radius 2 is 2.11 bits per heavy atom. The Labute approximate surface area is 115 Å². The van der Waals surface area contributed by atoms with E-state index in [9.17, 15) is 4.79 Å². The Kier molecular flexibility index (Phi) is 5.15. The lowest BCUT2D eigenvalue weighted by Crippen LogP contribution is -2.37. The average molecular weight is 265 g/mol. The smallest absolute Gasteiger partial charge is 0.416 e. The molecule has 0 spiro atoms. The Hall–Kier alpha value is -1.78. The van der Waals surface area contributed by atoms with Crippen LogP contribution in [0.25, 0.3) is 0 Å². The van der Waals surface area contributed by atoms with Crippen molar-refractivity contribution in [1.29, 1.82) is 0 Å². The first-order chi connectivity index (χ1) is 8.87. The minimum absolute atomic E-state index is 0.366. The third kappa shape index (κ3) is 4.77. The second kappa shape index (κ2) is 6.41. The molecule has 0 aliphatic rings. The van der Waals surface area contributed by atoms with Gasteiger partial charge in [0.05, 0.1) is 0 Å². The number of carbonyl (C=O) groups excluding carboxylic acids is 1. The van der Waals surface area contributed by atoms with Gasteiger partial charge in [0.1, 0.15) is 17.2 Å². The minimum Gasteiger partial charge on any atom is -0.443 e. The summed E-state index contributed by atoms with van der Waals surface area (Å²) < 4.78 is 5.41. The number of amides is 1. The maximum atomic E-state index is 12.2. The number of rotatable bonds is 4. The molecule has 1 rings (SSSR count). The molecule has 0 saturated carbocycles. The molecule has 5 heteroatoms. The molecule has 0 aliphatic carbocycles. The fraction of sp³-hybridized carbons (Fsp3) is 0.571. The van der Waals surface area contributed by atoms with E-state index in [0.29, 0.717) is 12.4 Å². The van der Waals surface area contributed by atoms with Gasteiger partial charge in [-0.2, -0.15) is 0 Å². The Balaban J connectivity index is 2.95. The van der Waals surface area contributed by atoms with Crippen LogP contribution in [0, 0.1) is 0 Å². The van der Waals surface area contributed by atoms with Gasteiger partial charge < -0.3 is 10.1 Å². The molecule has 1 aromatic rings. The molecule has 1 N–H and O–H groups in total. The highest BCUT2D eigenvalue weighted by molar-refractivity contribution is 5.86. The molecule has 1 heterocycles. The summed E-state index contributed by atoms with van der Waals surface area (Å²) in [6.45, 7) is 8.15. The van der Waals surface area contributed by atoms with E-state index in [-0.39, 0.29) is 6.09 Å². The highest BCUT2D eigenvalue weighted by Gasteiger charge is 2.23. The highest BCUT2D eigenvalue weighted by atomic mass is 16.6. The number of hydrogen-bond acceptors (Lipinski definition) is 4. The zero-order valence-corrected chi connectivity index (χ0v) is 12.4. The summed E-state index contributed by atoms with van der Waals surface area (Å²) in [5.74, 6) is 1.32. The molecule has 0 atom stereocenters. The first-order valence-electron chi connectivity index (χ1n) is 6.52. The third-order valence-corrected chi connectivity index (χ3v) is 2.33. The molecule has 0 aromatic carbocycles. The molecule has 0 aliphatic heterocycles. The number of nitrogens with zero attached hydrogens (tertiary/aromatic N) is 2. The van der Waals surface area contributed by atoms with Crippen molar-refractivity contribution in [1.82, 2.24) is 4.98 Å². The van der Waals surface area contributed by atoms with Crippen LogP contribution in [-0.4, -0.2) is 30.3 Å². The number of ether oxygens (including phenoxy) is 1. The number of pyridine rings is 1. The lowest BCUT2D eigenvalue weighted by Gasteiger charge is -2.26. The SMILES string of the molecule is CCCN(C(=O)OC(C)(C)C)c1cccc(NC)n1. The van der Waals surface area contributed by atoms with Gasteiger partial charge in [-0.3, -0.25) is 4.90 Å². The Morgan fingerprint density at radius 1 is 1.42 bits per heavy atom. The van der Waals surface area contributed by atoms with Crippen LogP contribution in [0.1, 0.15) is 34.1 Å². The molecule has 5 nitrogen and oxygen atoms in total. The van der Waals surface area contributed by atoms with Gasteiger partial charge >= 0.3 is 6.09 Å². The first-order valence-corrected chi connectivity index (χ1v) is 6.52. The van der Waals surface area contributed by atoms with E-state index in [1.165, 1.54) is 0 Å². The largest absolute Gasteiger partial charge is 0.443 e. The molecule has 19 heavy (non-hydrogen) atoms. The lowest BCUT2D eigenvalue weighted by atomic mass is 10.2. The zero-order valence-electron chi connectivity index (χ0n) is 12.4. The molecular weight excluding hydrogens is 242 g/mol. The van der Waals surface area contributed by atoms with Gasteiger partial charge in [0.15, 0.2) is 0 Å². The molecule has 106 valence electrons. The van der Waals surface area contributed by atoms with E-state index in [2.05, 4.69) is 10.3 Å². The number of carbonyl (C=O) groups is 1. The van der Waals surface area contributed by atoms with Crippen LogP contribution in [0.4, 0.5) is 16.4 Å². The van der Waals surface area contributed by atoms with Crippen LogP contribution in [0.5, 0.6) is 0 Å². The van der Waals surface area contributed by atoms with Crippen molar-refractivity contribution in [2.45, 2.75) is 39.7 Å². The van der Waals surface area contributed by atoms with E-state index in [1.54, 1.807) is 18.0 Å². The van der Waals surface area contributed by atoms with E-state index in [4.69, 9.17) is 4.74 Å². The van der Waals surface area contributed by atoms with Crippen molar-refractivity contribution >= 4 is 17.7 Å². The van der Waals surface area contributed by atoms with Crippen molar-refractivity contribution in [3.63, 3.8) is 0 Å². The van der Waals surface area contributed by atoms with Crippen LogP contribution in [0.3, 0.4) is 0 Å². The van der Waals surface area contributed by atoms with Crippen LogP contribution in [0.2, 0.25) is 0 Å². The number of aromatic nitrogens is 1. The summed E-state index contributed by atoms with van der Waals surface area (Å²) in [4.78, 5) is 18.1. The van der Waals surface area contributed by atoms with E-state index in [0.717, 1.165) is 12.2 Å². The predicted molar refractivity (Wildman–Crippen MR) is 77.7 cm³/mol. The maximum Gasteiger partial charge on any atom is 0.416 e. The van der Waals surface area contributed by atoms with Crippen molar-refractivity contribution in [3.8, 4) is 0 Å². The quantitative estimate of drug-likeness (QED) is 0.907. The van der Waals surface area contributed by atoms with E-state index in [1.807, 2.05) is 39.8 Å². The lowest BCUT2D eigenvalue weighted by molar-refractivity contribution is 0.0579. The zero-order chi connectivity index (χ0) is 14.5. The van der Waals surface area contributed by atoms with E-state index >= 15 is 0 Å². The summed E-state index contributed by atoms with van der Waals surface area (Å²) in [5.41, 5.74) is -0.510. The van der Waals surface area contributed by atoms with Crippen molar-refractivity contribution in [2.24, 2.45) is 0 Å². The molecular formula is C14H23N3O2. The highest BCUT2D eigenvalue weighted by Crippen LogP contribution is 2.18. The molecule has 0 radical (unpaired) electrons. The molecule has 0 unspecified atom stereocenters. The summed E-state index contributed by atoms with van der Waals surface area (Å²) in [5, 5.41) is 2.96. The number of anilines is 2. The Morgan fingerprint density at radius 3 is 2.63 bits per heavy atom. The second-order valence-corrected chi connectivity index (χ2v) is 5.26. The number of nitrogens with one attached hydrogen (secondary N) is 1. The molecule has 0 fully saturated rings. The Bertz CT molecular complexity index is 427. The molecule has 0 saturated heterocycles. The van der Waals surface area contributed by atoms with E-state index < -0.39 is 5.60 Å². The topological polar surface area (TPSA) is 54.5 Å². The van der Waals surface area contributed by atoms with Crippen LogP contribution < -0.4 is 10.2 Å². The fourth-order valence-electron chi connectivity index (χ4n) is 1.55. The molecule has 1 aromatic heterocycles. The first kappa shape index (κ1) is 15.3. The monoisotopic (exact) mass is 265 g/mol. The average Bonchev–Trinajstić information content (AvgIpc) is 2.33. The van der Waals surface area contributed by atoms with Gasteiger partial charge in [-0.25, -0.2) is 9.78 Å². The number of hydrogen-bond donors (Lipinski definition) is 1. The van der Waals surface area contributed by atoms with Crippen molar-refractivity contribution in [3.05, 3.63) is 18.2 Å². The molecule has 1 amide bonds. The van der Waals surface area contributed by atoms with Crippen molar-refractivity contribution < 1.29 is 9.53 Å². The molecule has 0 bridgehead atoms.